The zero-order chi connectivity index (χ0) is 16.8. The van der Waals surface area contributed by atoms with Crippen LogP contribution in [-0.2, 0) is 4.79 Å². The Morgan fingerprint density at radius 1 is 1.30 bits per heavy atom. The molecule has 4 nitrogen and oxygen atoms in total. The number of methoxy groups -OCH3 is 1. The fourth-order valence-corrected chi connectivity index (χ4v) is 3.25. The Hall–Kier alpha value is -2.05. The molecule has 0 atom stereocenters. The number of amides is 1. The van der Waals surface area contributed by atoms with Gasteiger partial charge >= 0.3 is 0 Å². The number of benzene rings is 1. The van der Waals surface area contributed by atoms with Crippen molar-refractivity contribution in [3.05, 3.63) is 54.0 Å². The lowest BCUT2D eigenvalue weighted by atomic mass is 10.2. The monoisotopic (exact) mass is 347 g/mol. The summed E-state index contributed by atoms with van der Waals surface area (Å²) in [5.41, 5.74) is 0.840. The van der Waals surface area contributed by atoms with Crippen LogP contribution in [0.2, 0.25) is 0 Å². The van der Waals surface area contributed by atoms with E-state index in [-0.39, 0.29) is 5.91 Å². The van der Waals surface area contributed by atoms with E-state index in [4.69, 9.17) is 21.7 Å². The summed E-state index contributed by atoms with van der Waals surface area (Å²) < 4.78 is 11.4. The van der Waals surface area contributed by atoms with Crippen molar-refractivity contribution in [1.82, 2.24) is 4.90 Å². The lowest BCUT2D eigenvalue weighted by Gasteiger charge is -2.11. The second kappa shape index (κ2) is 7.99. The fraction of sp³-hybridized carbons (Fsp3) is 0.176. The Kier molecular flexibility index (Phi) is 6.01. The molecule has 0 radical (unpaired) electrons. The smallest absolute Gasteiger partial charge is 0.266 e. The molecule has 1 saturated heterocycles. The molecule has 2 rings (SSSR count). The number of carbonyl (C=O) groups is 1. The van der Waals surface area contributed by atoms with Gasteiger partial charge in [-0.1, -0.05) is 48.8 Å². The molecule has 1 aromatic rings. The van der Waals surface area contributed by atoms with Crippen molar-refractivity contribution in [3.63, 3.8) is 0 Å². The molecular formula is C17H17NO3S2. The molecule has 1 amide bonds. The number of hydrogen-bond donors (Lipinski definition) is 0. The van der Waals surface area contributed by atoms with E-state index >= 15 is 0 Å². The Morgan fingerprint density at radius 2 is 2.09 bits per heavy atom. The van der Waals surface area contributed by atoms with Gasteiger partial charge in [-0.3, -0.25) is 9.69 Å². The van der Waals surface area contributed by atoms with Crippen LogP contribution >= 0.6 is 24.0 Å². The molecule has 0 aliphatic carbocycles. The molecular weight excluding hydrogens is 330 g/mol. The van der Waals surface area contributed by atoms with Gasteiger partial charge in [-0.2, -0.15) is 0 Å². The van der Waals surface area contributed by atoms with Crippen molar-refractivity contribution in [2.75, 3.05) is 20.3 Å². The highest BCUT2D eigenvalue weighted by Gasteiger charge is 2.30. The molecule has 1 aliphatic heterocycles. The maximum atomic E-state index is 12.3. The third kappa shape index (κ3) is 4.03. The van der Waals surface area contributed by atoms with E-state index < -0.39 is 0 Å². The van der Waals surface area contributed by atoms with Gasteiger partial charge in [-0.15, -0.1) is 6.58 Å². The number of rotatable bonds is 7. The average molecular weight is 347 g/mol. The summed E-state index contributed by atoms with van der Waals surface area (Å²) in [6, 6.07) is 5.48. The first kappa shape index (κ1) is 17.3. The molecule has 0 saturated carbocycles. The van der Waals surface area contributed by atoms with Gasteiger partial charge in [-0.25, -0.2) is 0 Å². The number of nitrogens with zero attached hydrogens (tertiary/aromatic N) is 1. The summed E-state index contributed by atoms with van der Waals surface area (Å²) in [6.07, 6.45) is 5.11. The zero-order valence-electron chi connectivity index (χ0n) is 12.8. The minimum atomic E-state index is -0.106. The largest absolute Gasteiger partial charge is 0.493 e. The lowest BCUT2D eigenvalue weighted by Crippen LogP contribution is -2.27. The van der Waals surface area contributed by atoms with Gasteiger partial charge in [0.1, 0.15) is 10.9 Å². The van der Waals surface area contributed by atoms with E-state index in [2.05, 4.69) is 13.2 Å². The fourth-order valence-electron chi connectivity index (χ4n) is 1.98. The molecule has 1 heterocycles. The SMILES string of the molecule is C=CCOc1ccc(C=C2SC(=S)N(CC=C)C2=O)cc1OC. The average Bonchev–Trinajstić information content (AvgIpc) is 2.81. The van der Waals surface area contributed by atoms with Crippen molar-refractivity contribution in [3.8, 4) is 11.5 Å². The van der Waals surface area contributed by atoms with Gasteiger partial charge in [-0.05, 0) is 23.8 Å². The van der Waals surface area contributed by atoms with E-state index in [0.717, 1.165) is 5.56 Å². The van der Waals surface area contributed by atoms with Gasteiger partial charge in [0.15, 0.2) is 11.5 Å². The third-order valence-corrected chi connectivity index (χ3v) is 4.41. The predicted octanol–water partition coefficient (Wildman–Crippen LogP) is 3.65. The molecule has 1 aromatic carbocycles. The van der Waals surface area contributed by atoms with Crippen LogP contribution in [0, 0.1) is 0 Å². The molecule has 0 bridgehead atoms. The van der Waals surface area contributed by atoms with Crippen LogP contribution in [0.4, 0.5) is 0 Å². The van der Waals surface area contributed by atoms with E-state index in [1.54, 1.807) is 31.4 Å². The van der Waals surface area contributed by atoms with Gasteiger partial charge in [0.2, 0.25) is 0 Å². The van der Waals surface area contributed by atoms with Crippen LogP contribution in [-0.4, -0.2) is 35.4 Å². The van der Waals surface area contributed by atoms with Crippen molar-refractivity contribution >= 4 is 40.3 Å². The summed E-state index contributed by atoms with van der Waals surface area (Å²) in [5, 5.41) is 0. The molecule has 0 unspecified atom stereocenters. The molecule has 120 valence electrons. The van der Waals surface area contributed by atoms with Gasteiger partial charge in [0, 0.05) is 6.54 Å². The highest BCUT2D eigenvalue weighted by atomic mass is 32.2. The molecule has 0 spiro atoms. The van der Waals surface area contributed by atoms with E-state index in [9.17, 15) is 4.79 Å². The first-order valence-corrected chi connectivity index (χ1v) is 8.11. The summed E-state index contributed by atoms with van der Waals surface area (Å²) in [4.78, 5) is 14.4. The Bertz CT molecular complexity index is 682. The number of hydrogen-bond acceptors (Lipinski definition) is 5. The summed E-state index contributed by atoms with van der Waals surface area (Å²) in [6.45, 7) is 8.07. The molecule has 23 heavy (non-hydrogen) atoms. The van der Waals surface area contributed by atoms with E-state index in [1.807, 2.05) is 12.1 Å². The van der Waals surface area contributed by atoms with E-state index in [1.165, 1.54) is 16.7 Å². The standard InChI is InChI=1S/C17H17NO3S2/c1-4-8-18-16(19)15(23-17(18)22)11-12-6-7-13(21-9-5-2)14(10-12)20-3/h4-7,10-11H,1-2,8-9H2,3H3. The topological polar surface area (TPSA) is 38.8 Å². The lowest BCUT2D eigenvalue weighted by molar-refractivity contribution is -0.121. The first-order chi connectivity index (χ1) is 11.1. The maximum Gasteiger partial charge on any atom is 0.266 e. The number of thioether (sulfide) groups is 1. The van der Waals surface area contributed by atoms with Crippen molar-refractivity contribution < 1.29 is 14.3 Å². The Balaban J connectivity index is 2.25. The minimum Gasteiger partial charge on any atom is -0.493 e. The number of carbonyl (C=O) groups excluding carboxylic acids is 1. The number of ether oxygens (including phenoxy) is 2. The van der Waals surface area contributed by atoms with Crippen molar-refractivity contribution in [1.29, 1.82) is 0 Å². The van der Waals surface area contributed by atoms with Crippen LogP contribution < -0.4 is 9.47 Å². The Morgan fingerprint density at radius 3 is 2.74 bits per heavy atom. The van der Waals surface area contributed by atoms with Crippen LogP contribution in [0.25, 0.3) is 6.08 Å². The molecule has 1 fully saturated rings. The molecule has 6 heteroatoms. The van der Waals surface area contributed by atoms with Crippen molar-refractivity contribution in [2.45, 2.75) is 0 Å². The highest BCUT2D eigenvalue weighted by molar-refractivity contribution is 8.26. The predicted molar refractivity (Wildman–Crippen MR) is 98.8 cm³/mol. The van der Waals surface area contributed by atoms with Crippen LogP contribution in [0.15, 0.2) is 48.4 Å². The number of thiocarbonyl (C=S) groups is 1. The minimum absolute atomic E-state index is 0.106. The van der Waals surface area contributed by atoms with Gasteiger partial charge in [0.25, 0.3) is 5.91 Å². The van der Waals surface area contributed by atoms with E-state index in [0.29, 0.717) is 33.9 Å². The third-order valence-electron chi connectivity index (χ3n) is 3.03. The van der Waals surface area contributed by atoms with Crippen LogP contribution in [0.1, 0.15) is 5.56 Å². The highest BCUT2D eigenvalue weighted by Crippen LogP contribution is 2.34. The summed E-state index contributed by atoms with van der Waals surface area (Å²) in [5.74, 6) is 1.12. The quantitative estimate of drug-likeness (QED) is 0.428. The van der Waals surface area contributed by atoms with Gasteiger partial charge in [0.05, 0.1) is 12.0 Å². The second-order valence-corrected chi connectivity index (χ2v) is 6.27. The second-order valence-electron chi connectivity index (χ2n) is 4.59. The maximum absolute atomic E-state index is 12.3. The summed E-state index contributed by atoms with van der Waals surface area (Å²) >= 11 is 6.50. The normalized spacial score (nSPS) is 15.9. The molecule has 0 N–H and O–H groups in total. The summed E-state index contributed by atoms with van der Waals surface area (Å²) in [7, 11) is 1.57. The zero-order valence-corrected chi connectivity index (χ0v) is 14.4. The van der Waals surface area contributed by atoms with Crippen molar-refractivity contribution in [2.24, 2.45) is 0 Å². The first-order valence-electron chi connectivity index (χ1n) is 6.88. The Labute approximate surface area is 145 Å². The molecule has 0 aromatic heterocycles. The van der Waals surface area contributed by atoms with Crippen LogP contribution in [0.3, 0.4) is 0 Å². The molecule has 1 aliphatic rings. The van der Waals surface area contributed by atoms with Gasteiger partial charge < -0.3 is 9.47 Å². The van der Waals surface area contributed by atoms with Crippen LogP contribution in [0.5, 0.6) is 11.5 Å².